The van der Waals surface area contributed by atoms with Gasteiger partial charge < -0.3 is 20.6 Å². The molecule has 30 heavy (non-hydrogen) atoms. The molecule has 0 aliphatic carbocycles. The summed E-state index contributed by atoms with van der Waals surface area (Å²) in [6.07, 6.45) is -1.00. The third kappa shape index (κ3) is 4.72. The number of carbonyl (C=O) groups excluding carboxylic acids is 2. The minimum Gasteiger partial charge on any atom is -0.494 e. The second-order valence-electron chi connectivity index (χ2n) is 7.35. The smallest absolute Gasteiger partial charge is 0.405 e. The van der Waals surface area contributed by atoms with E-state index in [9.17, 15) is 27.9 Å². The molecule has 10 nitrogen and oxygen atoms in total. The van der Waals surface area contributed by atoms with Crippen LogP contribution in [0.25, 0.3) is 0 Å². The maximum atomic E-state index is 12.8. The molecule has 2 atom stereocenters. The first-order chi connectivity index (χ1) is 14.1. The number of nitrogens with one attached hydrogen (secondary N) is 3. The van der Waals surface area contributed by atoms with Gasteiger partial charge in [0.1, 0.15) is 18.5 Å². The molecule has 4 N–H and O–H groups in total. The van der Waals surface area contributed by atoms with E-state index < -0.39 is 48.3 Å². The topological polar surface area (TPSA) is 123 Å². The van der Waals surface area contributed by atoms with E-state index in [0.717, 1.165) is 5.01 Å². The zero-order chi connectivity index (χ0) is 22.1. The van der Waals surface area contributed by atoms with Crippen molar-refractivity contribution in [2.75, 3.05) is 18.4 Å². The average Bonchev–Trinajstić information content (AvgIpc) is 3.07. The number of amides is 2. The number of carbonyl (C=O) groups is 2. The molecule has 2 unspecified atom stereocenters. The number of hydrogen-bond acceptors (Lipinski definition) is 8. The Bertz CT molecular complexity index is 832. The van der Waals surface area contributed by atoms with Crippen molar-refractivity contribution in [1.29, 1.82) is 0 Å². The SMILES string of the molecule is CC(C)CN1C(O)=C(C(=O)NCC(F)(F)F)C(=O)N2NC(Nc3cnccn3)CC12. The fourth-order valence-corrected chi connectivity index (χ4v) is 3.30. The minimum atomic E-state index is -4.65. The largest absolute Gasteiger partial charge is 0.494 e. The number of hydrogen-bond donors (Lipinski definition) is 4. The zero-order valence-corrected chi connectivity index (χ0v) is 16.3. The molecular formula is C17H22F3N7O3. The van der Waals surface area contributed by atoms with Crippen molar-refractivity contribution < 1.29 is 27.9 Å². The second kappa shape index (κ2) is 8.34. The lowest BCUT2D eigenvalue weighted by atomic mass is 10.1. The van der Waals surface area contributed by atoms with Gasteiger partial charge in [-0.15, -0.1) is 0 Å². The molecule has 1 aromatic heterocycles. The summed E-state index contributed by atoms with van der Waals surface area (Å²) in [7, 11) is 0. The van der Waals surface area contributed by atoms with Gasteiger partial charge in [0.05, 0.1) is 12.4 Å². The van der Waals surface area contributed by atoms with E-state index in [4.69, 9.17) is 0 Å². The Kier molecular flexibility index (Phi) is 6.01. The Balaban J connectivity index is 1.83. The molecule has 2 aliphatic heterocycles. The molecular weight excluding hydrogens is 407 g/mol. The quantitative estimate of drug-likeness (QED) is 0.488. The van der Waals surface area contributed by atoms with Crippen LogP contribution in [0.15, 0.2) is 30.0 Å². The number of rotatable bonds is 6. The highest BCUT2D eigenvalue weighted by atomic mass is 19.4. The average molecular weight is 429 g/mol. The third-order valence-corrected chi connectivity index (χ3v) is 4.45. The van der Waals surface area contributed by atoms with Gasteiger partial charge in [-0.05, 0) is 5.92 Å². The maximum Gasteiger partial charge on any atom is 0.405 e. The van der Waals surface area contributed by atoms with Gasteiger partial charge in [0, 0.05) is 25.4 Å². The van der Waals surface area contributed by atoms with Crippen molar-refractivity contribution in [3.8, 4) is 0 Å². The standard InChI is InChI=1S/C17H22F3N7O3/c1-9(2)7-26-12-5-10(24-11-6-21-3-4-22-11)25-27(12)16(30)13(15(26)29)14(28)23-8-17(18,19)20/h3-4,6,9-10,12,25,29H,5,7-8H2,1-2H3,(H,22,24)(H,23,28). The molecule has 0 aromatic carbocycles. The van der Waals surface area contributed by atoms with Crippen LogP contribution in [0.2, 0.25) is 0 Å². The van der Waals surface area contributed by atoms with Crippen LogP contribution in [-0.2, 0) is 9.59 Å². The van der Waals surface area contributed by atoms with Crippen LogP contribution in [0.5, 0.6) is 0 Å². The first-order valence-electron chi connectivity index (χ1n) is 9.24. The lowest BCUT2D eigenvalue weighted by Gasteiger charge is -2.40. The summed E-state index contributed by atoms with van der Waals surface area (Å²) >= 11 is 0. The van der Waals surface area contributed by atoms with Crippen molar-refractivity contribution in [1.82, 2.24) is 30.6 Å². The summed E-state index contributed by atoms with van der Waals surface area (Å²) in [5, 5.41) is 16.4. The monoisotopic (exact) mass is 429 g/mol. The predicted molar refractivity (Wildman–Crippen MR) is 98.1 cm³/mol. The minimum absolute atomic E-state index is 0.0358. The van der Waals surface area contributed by atoms with E-state index in [0.29, 0.717) is 12.2 Å². The Morgan fingerprint density at radius 3 is 2.73 bits per heavy atom. The van der Waals surface area contributed by atoms with E-state index in [1.165, 1.54) is 23.5 Å². The lowest BCUT2D eigenvalue weighted by Crippen LogP contribution is -2.58. The second-order valence-corrected chi connectivity index (χ2v) is 7.35. The van der Waals surface area contributed by atoms with E-state index in [1.807, 2.05) is 13.8 Å². The number of alkyl halides is 3. The molecule has 0 bridgehead atoms. The molecule has 0 saturated carbocycles. The van der Waals surface area contributed by atoms with E-state index in [1.54, 1.807) is 5.32 Å². The van der Waals surface area contributed by atoms with Gasteiger partial charge in [-0.2, -0.15) is 13.2 Å². The Morgan fingerprint density at radius 1 is 1.40 bits per heavy atom. The van der Waals surface area contributed by atoms with E-state index >= 15 is 0 Å². The van der Waals surface area contributed by atoms with Crippen LogP contribution in [0.3, 0.4) is 0 Å². The van der Waals surface area contributed by atoms with Crippen LogP contribution in [0, 0.1) is 5.92 Å². The van der Waals surface area contributed by atoms with Crippen molar-refractivity contribution in [3.63, 3.8) is 0 Å². The number of hydrazine groups is 1. The first-order valence-corrected chi connectivity index (χ1v) is 9.24. The number of aliphatic hydroxyl groups excluding tert-OH is 1. The van der Waals surface area contributed by atoms with Crippen molar-refractivity contribution in [2.45, 2.75) is 38.8 Å². The highest BCUT2D eigenvalue weighted by molar-refractivity contribution is 6.19. The predicted octanol–water partition coefficient (Wildman–Crippen LogP) is 0.697. The van der Waals surface area contributed by atoms with Crippen molar-refractivity contribution in [3.05, 3.63) is 30.0 Å². The Morgan fingerprint density at radius 2 is 2.13 bits per heavy atom. The number of aromatic nitrogens is 2. The molecule has 3 heterocycles. The molecule has 1 saturated heterocycles. The molecule has 0 spiro atoms. The Labute approximate surface area is 170 Å². The highest BCUT2D eigenvalue weighted by Crippen LogP contribution is 2.30. The molecule has 3 rings (SSSR count). The van der Waals surface area contributed by atoms with Gasteiger partial charge in [0.2, 0.25) is 5.88 Å². The van der Waals surface area contributed by atoms with Crippen LogP contribution in [-0.4, -0.2) is 68.4 Å². The van der Waals surface area contributed by atoms with Gasteiger partial charge in [-0.25, -0.2) is 15.4 Å². The number of halogens is 3. The van der Waals surface area contributed by atoms with Gasteiger partial charge in [-0.1, -0.05) is 13.8 Å². The molecule has 1 aromatic rings. The summed E-state index contributed by atoms with van der Waals surface area (Å²) in [5.41, 5.74) is 2.14. The third-order valence-electron chi connectivity index (χ3n) is 4.45. The number of nitrogens with zero attached hydrogens (tertiary/aromatic N) is 4. The normalized spacial score (nSPS) is 21.9. The molecule has 2 aliphatic rings. The summed E-state index contributed by atoms with van der Waals surface area (Å²) in [5.74, 6) is -2.38. The fourth-order valence-electron chi connectivity index (χ4n) is 3.30. The summed E-state index contributed by atoms with van der Waals surface area (Å²) in [4.78, 5) is 34.6. The van der Waals surface area contributed by atoms with E-state index in [2.05, 4.69) is 20.7 Å². The Hall–Kier alpha value is -3.09. The van der Waals surface area contributed by atoms with Crippen LogP contribution < -0.4 is 16.1 Å². The molecule has 13 heteroatoms. The van der Waals surface area contributed by atoms with Gasteiger partial charge >= 0.3 is 6.18 Å². The number of anilines is 1. The first kappa shape index (κ1) is 21.6. The molecule has 164 valence electrons. The van der Waals surface area contributed by atoms with E-state index in [-0.39, 0.29) is 12.5 Å². The van der Waals surface area contributed by atoms with Gasteiger partial charge in [0.25, 0.3) is 11.8 Å². The van der Waals surface area contributed by atoms with Gasteiger partial charge in [-0.3, -0.25) is 14.6 Å². The van der Waals surface area contributed by atoms with Crippen molar-refractivity contribution >= 4 is 17.6 Å². The van der Waals surface area contributed by atoms with Crippen LogP contribution in [0.1, 0.15) is 20.3 Å². The van der Waals surface area contributed by atoms with Gasteiger partial charge in [0.15, 0.2) is 5.57 Å². The summed E-state index contributed by atoms with van der Waals surface area (Å²) < 4.78 is 37.4. The summed E-state index contributed by atoms with van der Waals surface area (Å²) in [6, 6.07) is 0. The lowest BCUT2D eigenvalue weighted by molar-refractivity contribution is -0.145. The molecule has 0 radical (unpaired) electrons. The van der Waals surface area contributed by atoms with Crippen molar-refractivity contribution in [2.24, 2.45) is 5.92 Å². The summed E-state index contributed by atoms with van der Waals surface area (Å²) in [6.45, 7) is 2.40. The van der Waals surface area contributed by atoms with Crippen LogP contribution >= 0.6 is 0 Å². The fraction of sp³-hybridized carbons (Fsp3) is 0.529. The zero-order valence-electron chi connectivity index (χ0n) is 16.3. The molecule has 1 fully saturated rings. The van der Waals surface area contributed by atoms with Crippen LogP contribution in [0.4, 0.5) is 19.0 Å². The number of aliphatic hydroxyl groups is 1. The molecule has 2 amide bonds. The maximum absolute atomic E-state index is 12.8. The highest BCUT2D eigenvalue weighted by Gasteiger charge is 2.48. The number of fused-ring (bicyclic) bond motifs is 1.